The molecular formula is C14H13BrFNO2. The van der Waals surface area contributed by atoms with E-state index in [0.29, 0.717) is 28.9 Å². The monoisotopic (exact) mass is 325 g/mol. The summed E-state index contributed by atoms with van der Waals surface area (Å²) in [6.45, 7) is 2.36. The Bertz CT molecular complexity index is 595. The van der Waals surface area contributed by atoms with Crippen molar-refractivity contribution >= 4 is 21.9 Å². The van der Waals surface area contributed by atoms with E-state index in [0.717, 1.165) is 0 Å². The maximum absolute atomic E-state index is 13.8. The zero-order valence-electron chi connectivity index (χ0n) is 10.4. The molecule has 0 amide bonds. The predicted molar refractivity (Wildman–Crippen MR) is 73.6 cm³/mol. The Morgan fingerprint density at radius 2 is 2.21 bits per heavy atom. The highest BCUT2D eigenvalue weighted by atomic mass is 79.9. The van der Waals surface area contributed by atoms with Crippen LogP contribution in [-0.4, -0.2) is 17.1 Å². The van der Waals surface area contributed by atoms with Crippen LogP contribution in [0.2, 0.25) is 0 Å². The number of benzene rings is 1. The van der Waals surface area contributed by atoms with E-state index >= 15 is 0 Å². The summed E-state index contributed by atoms with van der Waals surface area (Å²) in [4.78, 5) is 11.7. The Kier molecular flexibility index (Phi) is 4.37. The Balaban J connectivity index is 2.24. The van der Waals surface area contributed by atoms with Crippen LogP contribution >= 0.6 is 15.9 Å². The second kappa shape index (κ2) is 6.02. The summed E-state index contributed by atoms with van der Waals surface area (Å²) < 4.78 is 21.1. The van der Waals surface area contributed by atoms with Crippen LogP contribution in [0.25, 0.3) is 0 Å². The van der Waals surface area contributed by atoms with E-state index in [2.05, 4.69) is 15.9 Å². The molecule has 2 rings (SSSR count). The molecule has 1 aromatic heterocycles. The maximum Gasteiger partial charge on any atom is 0.354 e. The Hall–Kier alpha value is -1.62. The summed E-state index contributed by atoms with van der Waals surface area (Å²) in [6.07, 6.45) is 1.73. The Labute approximate surface area is 119 Å². The molecule has 0 fully saturated rings. The SMILES string of the molecule is CCOC(=O)c1cccn1Cc1ccc(Br)cc1F. The molecule has 0 saturated heterocycles. The molecule has 0 aliphatic rings. The molecule has 2 aromatic rings. The molecule has 0 bridgehead atoms. The van der Waals surface area contributed by atoms with E-state index in [-0.39, 0.29) is 5.82 Å². The molecular weight excluding hydrogens is 313 g/mol. The molecule has 0 aliphatic carbocycles. The molecule has 0 aliphatic heterocycles. The quantitative estimate of drug-likeness (QED) is 0.804. The highest BCUT2D eigenvalue weighted by Gasteiger charge is 2.13. The van der Waals surface area contributed by atoms with Crippen molar-refractivity contribution in [2.75, 3.05) is 6.61 Å². The van der Waals surface area contributed by atoms with Gasteiger partial charge in [-0.15, -0.1) is 0 Å². The zero-order chi connectivity index (χ0) is 13.8. The standard InChI is InChI=1S/C14H13BrFNO2/c1-2-19-14(18)13-4-3-7-17(13)9-10-5-6-11(15)8-12(10)16/h3-8H,2,9H2,1H3. The molecule has 1 heterocycles. The van der Waals surface area contributed by atoms with Crippen molar-refractivity contribution in [3.05, 3.63) is 58.1 Å². The average Bonchev–Trinajstić information content (AvgIpc) is 2.81. The fourth-order valence-electron chi connectivity index (χ4n) is 1.78. The number of aromatic nitrogens is 1. The molecule has 0 unspecified atom stereocenters. The number of halogens is 2. The van der Waals surface area contributed by atoms with Crippen molar-refractivity contribution in [2.24, 2.45) is 0 Å². The lowest BCUT2D eigenvalue weighted by atomic mass is 10.2. The number of carbonyl (C=O) groups excluding carboxylic acids is 1. The lowest BCUT2D eigenvalue weighted by molar-refractivity contribution is 0.0514. The van der Waals surface area contributed by atoms with E-state index in [9.17, 15) is 9.18 Å². The zero-order valence-corrected chi connectivity index (χ0v) is 12.0. The molecule has 1 aromatic carbocycles. The number of carbonyl (C=O) groups is 1. The predicted octanol–water partition coefficient (Wildman–Crippen LogP) is 3.61. The number of rotatable bonds is 4. The molecule has 0 spiro atoms. The van der Waals surface area contributed by atoms with Gasteiger partial charge in [0.2, 0.25) is 0 Å². The smallest absolute Gasteiger partial charge is 0.354 e. The normalized spacial score (nSPS) is 10.5. The summed E-state index contributed by atoms with van der Waals surface area (Å²) in [5.41, 5.74) is 0.939. The summed E-state index contributed by atoms with van der Waals surface area (Å²) >= 11 is 3.21. The molecule has 0 radical (unpaired) electrons. The first kappa shape index (κ1) is 13.8. The van der Waals surface area contributed by atoms with Crippen LogP contribution in [0.15, 0.2) is 41.0 Å². The van der Waals surface area contributed by atoms with Crippen LogP contribution < -0.4 is 0 Å². The van der Waals surface area contributed by atoms with Gasteiger partial charge in [0.1, 0.15) is 11.5 Å². The fraction of sp³-hybridized carbons (Fsp3) is 0.214. The van der Waals surface area contributed by atoms with E-state index in [1.807, 2.05) is 0 Å². The average molecular weight is 326 g/mol. The van der Waals surface area contributed by atoms with Crippen molar-refractivity contribution in [3.8, 4) is 0 Å². The molecule has 19 heavy (non-hydrogen) atoms. The first-order valence-electron chi connectivity index (χ1n) is 5.88. The van der Waals surface area contributed by atoms with Gasteiger partial charge in [0.05, 0.1) is 13.2 Å². The van der Waals surface area contributed by atoms with E-state index < -0.39 is 5.97 Å². The van der Waals surface area contributed by atoms with Gasteiger partial charge >= 0.3 is 5.97 Å². The molecule has 0 N–H and O–H groups in total. The minimum Gasteiger partial charge on any atom is -0.461 e. The van der Waals surface area contributed by atoms with Gasteiger partial charge < -0.3 is 9.30 Å². The number of esters is 1. The minimum atomic E-state index is -0.398. The van der Waals surface area contributed by atoms with Crippen molar-refractivity contribution in [1.29, 1.82) is 0 Å². The summed E-state index contributed by atoms with van der Waals surface area (Å²) in [5, 5.41) is 0. The summed E-state index contributed by atoms with van der Waals surface area (Å²) in [7, 11) is 0. The first-order valence-corrected chi connectivity index (χ1v) is 6.67. The highest BCUT2D eigenvalue weighted by molar-refractivity contribution is 9.10. The third-order valence-electron chi connectivity index (χ3n) is 2.67. The van der Waals surface area contributed by atoms with E-state index in [4.69, 9.17) is 4.74 Å². The fourth-order valence-corrected chi connectivity index (χ4v) is 2.11. The van der Waals surface area contributed by atoms with E-state index in [1.165, 1.54) is 6.07 Å². The number of nitrogens with zero attached hydrogens (tertiary/aromatic N) is 1. The third kappa shape index (κ3) is 3.23. The second-order valence-electron chi connectivity index (χ2n) is 3.98. The Morgan fingerprint density at radius 3 is 2.89 bits per heavy atom. The molecule has 0 atom stereocenters. The second-order valence-corrected chi connectivity index (χ2v) is 4.89. The van der Waals surface area contributed by atoms with Gasteiger partial charge in [-0.25, -0.2) is 9.18 Å². The topological polar surface area (TPSA) is 31.2 Å². The number of ether oxygens (including phenoxy) is 1. The van der Waals surface area contributed by atoms with Crippen LogP contribution in [-0.2, 0) is 11.3 Å². The van der Waals surface area contributed by atoms with Gasteiger partial charge in [-0.05, 0) is 31.2 Å². The van der Waals surface area contributed by atoms with Crippen molar-refractivity contribution < 1.29 is 13.9 Å². The minimum absolute atomic E-state index is 0.292. The molecule has 100 valence electrons. The van der Waals surface area contributed by atoms with Crippen LogP contribution in [0.1, 0.15) is 23.0 Å². The van der Waals surface area contributed by atoms with Gasteiger partial charge in [0.15, 0.2) is 0 Å². The van der Waals surface area contributed by atoms with Crippen LogP contribution in [0.4, 0.5) is 4.39 Å². The van der Waals surface area contributed by atoms with E-state index in [1.54, 1.807) is 42.0 Å². The van der Waals surface area contributed by atoms with Gasteiger partial charge in [-0.1, -0.05) is 22.0 Å². The molecule has 5 heteroatoms. The maximum atomic E-state index is 13.8. The number of hydrogen-bond donors (Lipinski definition) is 0. The van der Waals surface area contributed by atoms with Crippen molar-refractivity contribution in [3.63, 3.8) is 0 Å². The van der Waals surface area contributed by atoms with Crippen molar-refractivity contribution in [2.45, 2.75) is 13.5 Å². The lowest BCUT2D eigenvalue weighted by Crippen LogP contribution is -2.12. The van der Waals surface area contributed by atoms with Gasteiger partial charge in [-0.3, -0.25) is 0 Å². The summed E-state index contributed by atoms with van der Waals surface area (Å²) in [5.74, 6) is -0.706. The van der Waals surface area contributed by atoms with Gasteiger partial charge in [-0.2, -0.15) is 0 Å². The van der Waals surface area contributed by atoms with Crippen LogP contribution in [0.5, 0.6) is 0 Å². The van der Waals surface area contributed by atoms with Crippen LogP contribution in [0, 0.1) is 5.82 Å². The van der Waals surface area contributed by atoms with Gasteiger partial charge in [0.25, 0.3) is 0 Å². The van der Waals surface area contributed by atoms with Gasteiger partial charge in [0, 0.05) is 16.2 Å². The lowest BCUT2D eigenvalue weighted by Gasteiger charge is -2.09. The highest BCUT2D eigenvalue weighted by Crippen LogP contribution is 2.17. The van der Waals surface area contributed by atoms with Crippen molar-refractivity contribution in [1.82, 2.24) is 4.57 Å². The van der Waals surface area contributed by atoms with Crippen LogP contribution in [0.3, 0.4) is 0 Å². The number of hydrogen-bond acceptors (Lipinski definition) is 2. The molecule has 0 saturated carbocycles. The largest absolute Gasteiger partial charge is 0.461 e. The Morgan fingerprint density at radius 1 is 1.42 bits per heavy atom. The first-order chi connectivity index (χ1) is 9.11. The third-order valence-corrected chi connectivity index (χ3v) is 3.16. The molecule has 3 nitrogen and oxygen atoms in total. The summed E-state index contributed by atoms with van der Waals surface area (Å²) in [6, 6.07) is 8.26.